The molecule has 1 aromatic carbocycles. The molecule has 94 valence electrons. The molecule has 0 saturated heterocycles. The van der Waals surface area contributed by atoms with Gasteiger partial charge in [0.1, 0.15) is 6.04 Å². The number of nitrogens with two attached hydrogens (primary N) is 1. The molecule has 0 fully saturated rings. The zero-order valence-electron chi connectivity index (χ0n) is 9.24. The van der Waals surface area contributed by atoms with Crippen molar-refractivity contribution in [1.29, 1.82) is 0 Å². The van der Waals surface area contributed by atoms with E-state index in [0.717, 1.165) is 0 Å². The van der Waals surface area contributed by atoms with E-state index in [1.165, 1.54) is 0 Å². The highest BCUT2D eigenvalue weighted by Crippen LogP contribution is 2.23. The van der Waals surface area contributed by atoms with E-state index in [0.29, 0.717) is 16.6 Å². The zero-order valence-corrected chi connectivity index (χ0v) is 9.24. The number of aromatic nitrogens is 2. The molecule has 1 aromatic heterocycles. The van der Waals surface area contributed by atoms with Gasteiger partial charge in [-0.25, -0.2) is 9.97 Å². The molecule has 0 spiro atoms. The van der Waals surface area contributed by atoms with Crippen LogP contribution in [0.5, 0.6) is 11.8 Å². The van der Waals surface area contributed by atoms with Gasteiger partial charge >= 0.3 is 5.97 Å². The number of carbonyl (C=O) groups is 1. The largest absolute Gasteiger partial charge is 0.489 e. The molecule has 0 bridgehead atoms. The highest BCUT2D eigenvalue weighted by Gasteiger charge is 2.13. The molecule has 1 heterocycles. The highest BCUT2D eigenvalue weighted by atomic mass is 16.4. The minimum absolute atomic E-state index is 0.147. The summed E-state index contributed by atoms with van der Waals surface area (Å²) >= 11 is 0. The lowest BCUT2D eigenvalue weighted by molar-refractivity contribution is -0.138. The molecule has 0 aliphatic carbocycles. The lowest BCUT2D eigenvalue weighted by Crippen LogP contribution is -2.32. The highest BCUT2D eigenvalue weighted by molar-refractivity contribution is 5.77. The second-order valence-electron chi connectivity index (χ2n) is 3.84. The maximum Gasteiger partial charge on any atom is 0.320 e. The van der Waals surface area contributed by atoms with E-state index in [2.05, 4.69) is 9.97 Å². The summed E-state index contributed by atoms with van der Waals surface area (Å²) in [5.74, 6) is -2.20. The van der Waals surface area contributed by atoms with Crippen LogP contribution in [0.15, 0.2) is 18.2 Å². The van der Waals surface area contributed by atoms with Crippen molar-refractivity contribution in [2.75, 3.05) is 0 Å². The van der Waals surface area contributed by atoms with E-state index < -0.39 is 23.8 Å². The molecule has 5 N–H and O–H groups in total. The molecule has 1 atom stereocenters. The van der Waals surface area contributed by atoms with Crippen LogP contribution >= 0.6 is 0 Å². The van der Waals surface area contributed by atoms with E-state index >= 15 is 0 Å². The van der Waals surface area contributed by atoms with Crippen molar-refractivity contribution in [2.24, 2.45) is 5.73 Å². The van der Waals surface area contributed by atoms with Crippen molar-refractivity contribution < 1.29 is 20.1 Å². The van der Waals surface area contributed by atoms with E-state index in [-0.39, 0.29) is 6.42 Å². The molecule has 18 heavy (non-hydrogen) atoms. The molecule has 1 unspecified atom stereocenters. The van der Waals surface area contributed by atoms with Crippen LogP contribution in [-0.2, 0) is 11.2 Å². The lowest BCUT2D eigenvalue weighted by Gasteiger charge is -2.07. The quantitative estimate of drug-likeness (QED) is 0.602. The number of benzene rings is 1. The maximum atomic E-state index is 10.6. The third-order valence-electron chi connectivity index (χ3n) is 2.47. The first-order chi connectivity index (χ1) is 8.47. The zero-order chi connectivity index (χ0) is 13.3. The van der Waals surface area contributed by atoms with Crippen molar-refractivity contribution in [1.82, 2.24) is 9.97 Å². The summed E-state index contributed by atoms with van der Waals surface area (Å²) < 4.78 is 0. The van der Waals surface area contributed by atoms with Gasteiger partial charge in [-0.05, 0) is 24.1 Å². The van der Waals surface area contributed by atoms with Crippen LogP contribution in [-0.4, -0.2) is 37.3 Å². The second-order valence-corrected chi connectivity index (χ2v) is 3.84. The van der Waals surface area contributed by atoms with E-state index in [1.54, 1.807) is 18.2 Å². The molecule has 0 saturated carbocycles. The summed E-state index contributed by atoms with van der Waals surface area (Å²) in [5.41, 5.74) is 6.85. The maximum absolute atomic E-state index is 10.6. The van der Waals surface area contributed by atoms with Crippen LogP contribution in [0.4, 0.5) is 0 Å². The van der Waals surface area contributed by atoms with Gasteiger partial charge in [0.2, 0.25) is 0 Å². The van der Waals surface area contributed by atoms with Crippen LogP contribution in [0, 0.1) is 0 Å². The average Bonchev–Trinajstić information content (AvgIpc) is 2.31. The number of hydrogen-bond acceptors (Lipinski definition) is 6. The summed E-state index contributed by atoms with van der Waals surface area (Å²) in [5, 5.41) is 27.1. The summed E-state index contributed by atoms with van der Waals surface area (Å²) in [4.78, 5) is 18.1. The average molecular weight is 249 g/mol. The van der Waals surface area contributed by atoms with Gasteiger partial charge < -0.3 is 21.1 Å². The van der Waals surface area contributed by atoms with Crippen LogP contribution in [0.2, 0.25) is 0 Å². The number of aliphatic carboxylic acids is 1. The molecule has 0 radical (unpaired) electrons. The van der Waals surface area contributed by atoms with Crippen LogP contribution < -0.4 is 5.73 Å². The van der Waals surface area contributed by atoms with Crippen molar-refractivity contribution in [3.05, 3.63) is 23.8 Å². The van der Waals surface area contributed by atoms with E-state index in [4.69, 9.17) is 10.8 Å². The Morgan fingerprint density at radius 1 is 1.22 bits per heavy atom. The Bertz CT molecular complexity index is 615. The fraction of sp³-hybridized carbons (Fsp3) is 0.182. The van der Waals surface area contributed by atoms with Crippen LogP contribution in [0.25, 0.3) is 11.0 Å². The van der Waals surface area contributed by atoms with Gasteiger partial charge in [0.15, 0.2) is 0 Å². The molecule has 0 aliphatic rings. The Kier molecular flexibility index (Phi) is 2.99. The fourth-order valence-corrected chi connectivity index (χ4v) is 1.55. The standard InChI is InChI=1S/C11H11N3O4/c12-6(11(17)18)3-5-1-2-7-8(4-5)14-10(16)9(15)13-7/h1-2,4,6H,3,12H2,(H,13,15)(H,14,16)(H,17,18). The van der Waals surface area contributed by atoms with Gasteiger partial charge in [-0.15, -0.1) is 0 Å². The van der Waals surface area contributed by atoms with Gasteiger partial charge in [0, 0.05) is 0 Å². The third-order valence-corrected chi connectivity index (χ3v) is 2.47. The number of aromatic hydroxyl groups is 2. The van der Waals surface area contributed by atoms with Crippen molar-refractivity contribution in [2.45, 2.75) is 12.5 Å². The normalized spacial score (nSPS) is 12.5. The smallest absolute Gasteiger partial charge is 0.320 e. The van der Waals surface area contributed by atoms with Crippen molar-refractivity contribution in [3.8, 4) is 11.8 Å². The predicted molar refractivity (Wildman–Crippen MR) is 62.2 cm³/mol. The van der Waals surface area contributed by atoms with Gasteiger partial charge in [-0.2, -0.15) is 0 Å². The Morgan fingerprint density at radius 3 is 2.44 bits per heavy atom. The molecule has 0 amide bonds. The first-order valence-corrected chi connectivity index (χ1v) is 5.14. The first kappa shape index (κ1) is 12.1. The minimum atomic E-state index is -1.09. The minimum Gasteiger partial charge on any atom is -0.489 e. The second kappa shape index (κ2) is 4.46. The predicted octanol–water partition coefficient (Wildman–Crippen LogP) is -0.00460. The Hall–Kier alpha value is -2.41. The van der Waals surface area contributed by atoms with Crippen molar-refractivity contribution in [3.63, 3.8) is 0 Å². The summed E-state index contributed by atoms with van der Waals surface area (Å²) in [6.45, 7) is 0. The number of carboxylic acids is 1. The van der Waals surface area contributed by atoms with Crippen LogP contribution in [0.3, 0.4) is 0 Å². The van der Waals surface area contributed by atoms with Gasteiger partial charge in [-0.3, -0.25) is 4.79 Å². The third kappa shape index (κ3) is 2.30. The Labute approximate surface area is 102 Å². The van der Waals surface area contributed by atoms with E-state index in [1.807, 2.05) is 0 Å². The van der Waals surface area contributed by atoms with E-state index in [9.17, 15) is 15.0 Å². The topological polar surface area (TPSA) is 130 Å². The molecular weight excluding hydrogens is 238 g/mol. The monoisotopic (exact) mass is 249 g/mol. The van der Waals surface area contributed by atoms with Gasteiger partial charge in [-0.1, -0.05) is 6.07 Å². The number of carboxylic acid groups (broad SMARTS) is 1. The summed E-state index contributed by atoms with van der Waals surface area (Å²) in [6, 6.07) is 3.80. The number of fused-ring (bicyclic) bond motifs is 1. The lowest BCUT2D eigenvalue weighted by atomic mass is 10.1. The summed E-state index contributed by atoms with van der Waals surface area (Å²) in [6.07, 6.45) is 0.147. The summed E-state index contributed by atoms with van der Waals surface area (Å²) in [7, 11) is 0. The molecule has 7 nitrogen and oxygen atoms in total. The molecule has 7 heteroatoms. The number of nitrogens with zero attached hydrogens (tertiary/aromatic N) is 2. The molecule has 0 aliphatic heterocycles. The van der Waals surface area contributed by atoms with Gasteiger partial charge in [0.25, 0.3) is 11.8 Å². The molecule has 2 rings (SSSR count). The fourth-order valence-electron chi connectivity index (χ4n) is 1.55. The Morgan fingerprint density at radius 2 is 1.83 bits per heavy atom. The molecule has 2 aromatic rings. The van der Waals surface area contributed by atoms with Gasteiger partial charge in [0.05, 0.1) is 11.0 Å². The SMILES string of the molecule is NC(Cc1ccc2nc(O)c(O)nc2c1)C(=O)O. The number of hydrogen-bond donors (Lipinski definition) is 4. The number of rotatable bonds is 3. The van der Waals surface area contributed by atoms with Crippen molar-refractivity contribution >= 4 is 17.0 Å². The van der Waals surface area contributed by atoms with Crippen LogP contribution in [0.1, 0.15) is 5.56 Å². The molecular formula is C11H11N3O4. The first-order valence-electron chi connectivity index (χ1n) is 5.14. The Balaban J connectivity index is 2.38.